The zero-order valence-electron chi connectivity index (χ0n) is 13.3. The Morgan fingerprint density at radius 1 is 1.19 bits per heavy atom. The van der Waals surface area contributed by atoms with Crippen molar-refractivity contribution >= 4 is 0 Å². The molecule has 1 aliphatic heterocycles. The van der Waals surface area contributed by atoms with Crippen LogP contribution in [0.5, 0.6) is 5.75 Å². The fourth-order valence-electron chi connectivity index (χ4n) is 2.98. The van der Waals surface area contributed by atoms with Gasteiger partial charge in [-0.05, 0) is 68.7 Å². The third-order valence-electron chi connectivity index (χ3n) is 4.99. The molecule has 3 nitrogen and oxygen atoms in total. The molecule has 21 heavy (non-hydrogen) atoms. The number of benzene rings is 1. The Kier molecular flexibility index (Phi) is 4.23. The number of nitrogens with zero attached hydrogens (tertiary/aromatic N) is 1. The molecule has 3 heteroatoms. The predicted octanol–water partition coefficient (Wildman–Crippen LogP) is 2.92. The highest BCUT2D eigenvalue weighted by atomic mass is 16.5. The van der Waals surface area contributed by atoms with Crippen LogP contribution in [0.1, 0.15) is 36.8 Å². The van der Waals surface area contributed by atoms with E-state index in [1.54, 1.807) is 0 Å². The third-order valence-corrected chi connectivity index (χ3v) is 4.99. The molecule has 1 aliphatic carbocycles. The molecule has 0 aromatic heterocycles. The molecule has 0 bridgehead atoms. The molecule has 3 rings (SSSR count). The Balaban J connectivity index is 1.48. The molecule has 1 aromatic carbocycles. The molecule has 0 radical (unpaired) electrons. The van der Waals surface area contributed by atoms with Crippen molar-refractivity contribution in [2.45, 2.75) is 45.1 Å². The summed E-state index contributed by atoms with van der Waals surface area (Å²) < 4.78 is 5.84. The van der Waals surface area contributed by atoms with E-state index in [2.05, 4.69) is 30.9 Å². The molecule has 1 N–H and O–H groups in total. The summed E-state index contributed by atoms with van der Waals surface area (Å²) >= 11 is 0. The second kappa shape index (κ2) is 5.98. The summed E-state index contributed by atoms with van der Waals surface area (Å²) in [5, 5.41) is 10.7. The van der Waals surface area contributed by atoms with Gasteiger partial charge < -0.3 is 14.7 Å². The highest BCUT2D eigenvalue weighted by Crippen LogP contribution is 2.32. The van der Waals surface area contributed by atoms with Gasteiger partial charge in [-0.15, -0.1) is 0 Å². The lowest BCUT2D eigenvalue weighted by Crippen LogP contribution is -2.48. The summed E-state index contributed by atoms with van der Waals surface area (Å²) in [6.07, 6.45) is 4.45. The first kappa shape index (κ1) is 14.9. The van der Waals surface area contributed by atoms with Crippen molar-refractivity contribution in [1.82, 2.24) is 4.90 Å². The number of rotatable bonds is 5. The molecule has 2 fully saturated rings. The van der Waals surface area contributed by atoms with E-state index in [1.165, 1.54) is 30.5 Å². The maximum atomic E-state index is 10.7. The van der Waals surface area contributed by atoms with Crippen LogP contribution in [0.3, 0.4) is 0 Å². The summed E-state index contributed by atoms with van der Waals surface area (Å²) in [5.74, 6) is 1.80. The summed E-state index contributed by atoms with van der Waals surface area (Å²) in [6, 6.07) is 6.13. The summed E-state index contributed by atoms with van der Waals surface area (Å²) in [4.78, 5) is 2.50. The standard InChI is InChI=1S/C18H27NO2/c1-14-3-6-17(11-15(14)2)21-13-18(20)7-9-19(10-8-18)12-16-4-5-16/h3,6,11,16,20H,4-5,7-10,12-13H2,1-2H3. The van der Waals surface area contributed by atoms with Gasteiger partial charge in [0.15, 0.2) is 0 Å². The van der Waals surface area contributed by atoms with Gasteiger partial charge in [0.1, 0.15) is 18.0 Å². The molecule has 1 saturated carbocycles. The Labute approximate surface area is 127 Å². The fourth-order valence-corrected chi connectivity index (χ4v) is 2.98. The summed E-state index contributed by atoms with van der Waals surface area (Å²) in [7, 11) is 0. The van der Waals surface area contributed by atoms with Gasteiger partial charge in [-0.3, -0.25) is 0 Å². The minimum atomic E-state index is -0.654. The van der Waals surface area contributed by atoms with Crippen LogP contribution in [-0.2, 0) is 0 Å². The van der Waals surface area contributed by atoms with Crippen LogP contribution < -0.4 is 4.74 Å². The van der Waals surface area contributed by atoms with Crippen molar-refractivity contribution in [2.24, 2.45) is 5.92 Å². The summed E-state index contributed by atoms with van der Waals surface area (Å²) in [5.41, 5.74) is 1.85. The minimum Gasteiger partial charge on any atom is -0.491 e. The first-order valence-corrected chi connectivity index (χ1v) is 8.19. The van der Waals surface area contributed by atoms with E-state index in [9.17, 15) is 5.11 Å². The van der Waals surface area contributed by atoms with Crippen molar-refractivity contribution in [1.29, 1.82) is 0 Å². The monoisotopic (exact) mass is 289 g/mol. The molecular weight excluding hydrogens is 262 g/mol. The van der Waals surface area contributed by atoms with Crippen molar-refractivity contribution in [2.75, 3.05) is 26.2 Å². The molecule has 1 heterocycles. The zero-order valence-corrected chi connectivity index (χ0v) is 13.3. The number of aliphatic hydroxyl groups is 1. The summed E-state index contributed by atoms with van der Waals surface area (Å²) in [6.45, 7) is 7.84. The Morgan fingerprint density at radius 3 is 2.52 bits per heavy atom. The average molecular weight is 289 g/mol. The van der Waals surface area contributed by atoms with Crippen molar-refractivity contribution in [3.63, 3.8) is 0 Å². The molecule has 0 atom stereocenters. The number of ether oxygens (including phenoxy) is 1. The Bertz CT molecular complexity index is 488. The van der Waals surface area contributed by atoms with Crippen LogP contribution in [0, 0.1) is 19.8 Å². The quantitative estimate of drug-likeness (QED) is 0.904. The van der Waals surface area contributed by atoms with Gasteiger partial charge in [0, 0.05) is 19.6 Å². The van der Waals surface area contributed by atoms with Crippen molar-refractivity contribution < 1.29 is 9.84 Å². The zero-order chi connectivity index (χ0) is 14.9. The first-order valence-electron chi connectivity index (χ1n) is 8.19. The topological polar surface area (TPSA) is 32.7 Å². The second-order valence-corrected chi connectivity index (χ2v) is 7.00. The Morgan fingerprint density at radius 2 is 1.90 bits per heavy atom. The highest BCUT2D eigenvalue weighted by molar-refractivity contribution is 5.33. The van der Waals surface area contributed by atoms with Crippen LogP contribution in [0.15, 0.2) is 18.2 Å². The Hall–Kier alpha value is -1.06. The number of hydrogen-bond acceptors (Lipinski definition) is 3. The van der Waals surface area contributed by atoms with E-state index in [-0.39, 0.29) is 0 Å². The molecule has 1 aromatic rings. The van der Waals surface area contributed by atoms with E-state index < -0.39 is 5.60 Å². The normalized spacial score (nSPS) is 22.2. The number of piperidine rings is 1. The van der Waals surface area contributed by atoms with Crippen molar-refractivity contribution in [3.8, 4) is 5.75 Å². The molecule has 0 spiro atoms. The van der Waals surface area contributed by atoms with Crippen LogP contribution in [0.2, 0.25) is 0 Å². The first-order chi connectivity index (χ1) is 10.0. The highest BCUT2D eigenvalue weighted by Gasteiger charge is 2.35. The van der Waals surface area contributed by atoms with Gasteiger partial charge in [0.2, 0.25) is 0 Å². The van der Waals surface area contributed by atoms with E-state index in [0.717, 1.165) is 37.6 Å². The van der Waals surface area contributed by atoms with Gasteiger partial charge in [-0.2, -0.15) is 0 Å². The molecule has 2 aliphatic rings. The van der Waals surface area contributed by atoms with E-state index in [0.29, 0.717) is 6.61 Å². The molecule has 1 saturated heterocycles. The van der Waals surface area contributed by atoms with Gasteiger partial charge in [0.05, 0.1) is 0 Å². The van der Waals surface area contributed by atoms with E-state index in [1.807, 2.05) is 6.07 Å². The van der Waals surface area contributed by atoms with E-state index in [4.69, 9.17) is 4.74 Å². The number of hydrogen-bond donors (Lipinski definition) is 1. The molecule has 0 amide bonds. The molecule has 116 valence electrons. The molecular formula is C18H27NO2. The second-order valence-electron chi connectivity index (χ2n) is 7.00. The predicted molar refractivity (Wildman–Crippen MR) is 84.8 cm³/mol. The van der Waals surface area contributed by atoms with Crippen LogP contribution >= 0.6 is 0 Å². The van der Waals surface area contributed by atoms with Crippen molar-refractivity contribution in [3.05, 3.63) is 29.3 Å². The van der Waals surface area contributed by atoms with Crippen LogP contribution in [-0.4, -0.2) is 41.8 Å². The maximum Gasteiger partial charge on any atom is 0.119 e. The number of likely N-dealkylation sites (tertiary alicyclic amines) is 1. The lowest BCUT2D eigenvalue weighted by molar-refractivity contribution is -0.0529. The largest absolute Gasteiger partial charge is 0.491 e. The lowest BCUT2D eigenvalue weighted by Gasteiger charge is -2.38. The smallest absolute Gasteiger partial charge is 0.119 e. The molecule has 0 unspecified atom stereocenters. The lowest BCUT2D eigenvalue weighted by atomic mass is 9.92. The maximum absolute atomic E-state index is 10.7. The third kappa shape index (κ3) is 3.98. The minimum absolute atomic E-state index is 0.409. The van der Waals surface area contributed by atoms with Gasteiger partial charge in [-0.1, -0.05) is 6.07 Å². The SMILES string of the molecule is Cc1ccc(OCC2(O)CCN(CC3CC3)CC2)cc1C. The fraction of sp³-hybridized carbons (Fsp3) is 0.667. The van der Waals surface area contributed by atoms with Gasteiger partial charge in [-0.25, -0.2) is 0 Å². The van der Waals surface area contributed by atoms with E-state index >= 15 is 0 Å². The average Bonchev–Trinajstić information content (AvgIpc) is 3.27. The van der Waals surface area contributed by atoms with Crippen LogP contribution in [0.4, 0.5) is 0 Å². The number of aryl methyl sites for hydroxylation is 2. The van der Waals surface area contributed by atoms with Gasteiger partial charge in [0.25, 0.3) is 0 Å². The van der Waals surface area contributed by atoms with Gasteiger partial charge >= 0.3 is 0 Å². The van der Waals surface area contributed by atoms with Crippen LogP contribution in [0.25, 0.3) is 0 Å².